The van der Waals surface area contributed by atoms with Crippen LogP contribution in [-0.4, -0.2) is 7.85 Å². The zero-order valence-corrected chi connectivity index (χ0v) is 13.7. The molecule has 0 fully saturated rings. The van der Waals surface area contributed by atoms with Crippen LogP contribution in [0.25, 0.3) is 21.9 Å². The summed E-state index contributed by atoms with van der Waals surface area (Å²) in [6.45, 7) is 4.56. The molecule has 0 N–H and O–H groups in total. The van der Waals surface area contributed by atoms with Crippen LogP contribution < -0.4 is 5.46 Å². The average Bonchev–Trinajstić information content (AvgIpc) is 2.66. The van der Waals surface area contributed by atoms with Gasteiger partial charge < -0.3 is 0 Å². The van der Waals surface area contributed by atoms with E-state index in [4.69, 9.17) is 7.85 Å². The highest BCUT2D eigenvalue weighted by atomic mass is 79.9. The molecular formula is C19H14BBr. The summed E-state index contributed by atoms with van der Waals surface area (Å²) in [5, 5.41) is 2.58. The van der Waals surface area contributed by atoms with Gasteiger partial charge in [-0.25, -0.2) is 0 Å². The summed E-state index contributed by atoms with van der Waals surface area (Å²) in [6, 6.07) is 17.5. The number of hydrogen-bond donors (Lipinski definition) is 0. The molecule has 0 atom stereocenters. The van der Waals surface area contributed by atoms with Gasteiger partial charge >= 0.3 is 0 Å². The van der Waals surface area contributed by atoms with E-state index >= 15 is 0 Å². The van der Waals surface area contributed by atoms with Crippen molar-refractivity contribution in [3.05, 3.63) is 64.1 Å². The third kappa shape index (κ3) is 1.75. The Kier molecular flexibility index (Phi) is 2.65. The maximum atomic E-state index is 6.10. The van der Waals surface area contributed by atoms with Gasteiger partial charge in [0.1, 0.15) is 7.85 Å². The molecule has 0 nitrogen and oxygen atoms in total. The van der Waals surface area contributed by atoms with Gasteiger partial charge in [0.25, 0.3) is 0 Å². The van der Waals surface area contributed by atoms with Crippen molar-refractivity contribution in [1.29, 1.82) is 0 Å². The molecule has 100 valence electrons. The number of hydrogen-bond acceptors (Lipinski definition) is 0. The van der Waals surface area contributed by atoms with Gasteiger partial charge in [0.05, 0.1) is 0 Å². The maximum Gasteiger partial charge on any atom is 0.115 e. The molecule has 2 heteroatoms. The van der Waals surface area contributed by atoms with Crippen LogP contribution in [0.4, 0.5) is 0 Å². The zero-order valence-electron chi connectivity index (χ0n) is 12.1. The normalized spacial score (nSPS) is 15.0. The number of fused-ring (bicyclic) bond motifs is 4. The predicted octanol–water partition coefficient (Wildman–Crippen LogP) is 4.70. The molecule has 0 saturated heterocycles. The van der Waals surface area contributed by atoms with Crippen molar-refractivity contribution in [2.45, 2.75) is 19.3 Å². The summed E-state index contributed by atoms with van der Waals surface area (Å²) in [6.07, 6.45) is 0. The summed E-state index contributed by atoms with van der Waals surface area (Å²) in [7, 11) is 6.10. The molecule has 0 aliphatic heterocycles. The Labute approximate surface area is 134 Å². The first-order chi connectivity index (χ1) is 9.98. The summed E-state index contributed by atoms with van der Waals surface area (Å²) in [5.41, 5.74) is 6.11. The van der Waals surface area contributed by atoms with Gasteiger partial charge in [-0.3, -0.25) is 0 Å². The SMILES string of the molecule is [B]c1cc2c(cc1Br)-c1cc3ccccc3cc1C2(C)C. The highest BCUT2D eigenvalue weighted by Crippen LogP contribution is 2.49. The molecule has 0 heterocycles. The molecule has 2 radical (unpaired) electrons. The minimum absolute atomic E-state index is 0.0104. The van der Waals surface area contributed by atoms with Gasteiger partial charge in [0, 0.05) is 9.89 Å². The van der Waals surface area contributed by atoms with Crippen LogP contribution >= 0.6 is 15.9 Å². The third-order valence-corrected chi connectivity index (χ3v) is 5.35. The molecule has 1 aliphatic rings. The van der Waals surface area contributed by atoms with E-state index in [0.29, 0.717) is 0 Å². The first-order valence-corrected chi connectivity index (χ1v) is 7.91. The standard InChI is InChI=1S/C19H14BBr/c1-19(2)15-8-12-6-4-3-5-11(12)7-13(15)14-9-18(21)17(20)10-16(14)19/h3-10H,1-2H3. The minimum atomic E-state index is -0.0104. The molecular weight excluding hydrogens is 319 g/mol. The van der Waals surface area contributed by atoms with Crippen LogP contribution in [0, 0.1) is 0 Å². The average molecular weight is 333 g/mol. The van der Waals surface area contributed by atoms with Gasteiger partial charge in [0.2, 0.25) is 0 Å². The van der Waals surface area contributed by atoms with Crippen molar-refractivity contribution < 1.29 is 0 Å². The maximum absolute atomic E-state index is 6.10. The van der Waals surface area contributed by atoms with E-state index in [2.05, 4.69) is 78.3 Å². The Morgan fingerprint density at radius 3 is 2.14 bits per heavy atom. The van der Waals surface area contributed by atoms with Crippen molar-refractivity contribution in [3.8, 4) is 11.1 Å². The second-order valence-electron chi connectivity index (χ2n) is 6.29. The van der Waals surface area contributed by atoms with Gasteiger partial charge in [-0.05, 0) is 51.2 Å². The molecule has 0 spiro atoms. The van der Waals surface area contributed by atoms with E-state index in [0.717, 1.165) is 9.94 Å². The van der Waals surface area contributed by atoms with E-state index in [9.17, 15) is 0 Å². The highest BCUT2D eigenvalue weighted by Gasteiger charge is 2.35. The van der Waals surface area contributed by atoms with E-state index in [-0.39, 0.29) is 5.41 Å². The molecule has 0 unspecified atom stereocenters. The monoisotopic (exact) mass is 332 g/mol. The molecule has 21 heavy (non-hydrogen) atoms. The lowest BCUT2D eigenvalue weighted by Crippen LogP contribution is -2.18. The summed E-state index contributed by atoms with van der Waals surface area (Å²) >= 11 is 3.56. The second-order valence-corrected chi connectivity index (χ2v) is 7.14. The number of benzene rings is 3. The van der Waals surface area contributed by atoms with Crippen LogP contribution in [-0.2, 0) is 5.41 Å². The van der Waals surface area contributed by atoms with Gasteiger partial charge in [0.15, 0.2) is 0 Å². The van der Waals surface area contributed by atoms with Gasteiger partial charge in [-0.2, -0.15) is 0 Å². The summed E-state index contributed by atoms with van der Waals surface area (Å²) < 4.78 is 0.970. The van der Waals surface area contributed by atoms with Crippen LogP contribution in [0.3, 0.4) is 0 Å². The fourth-order valence-electron chi connectivity index (χ4n) is 3.46. The van der Waals surface area contributed by atoms with Gasteiger partial charge in [-0.15, -0.1) is 0 Å². The van der Waals surface area contributed by atoms with Crippen molar-refractivity contribution in [2.75, 3.05) is 0 Å². The fourth-order valence-corrected chi connectivity index (χ4v) is 3.80. The van der Waals surface area contributed by atoms with Crippen LogP contribution in [0.5, 0.6) is 0 Å². The summed E-state index contributed by atoms with van der Waals surface area (Å²) in [4.78, 5) is 0. The molecule has 3 aromatic rings. The summed E-state index contributed by atoms with van der Waals surface area (Å²) in [5.74, 6) is 0. The van der Waals surface area contributed by atoms with Crippen molar-refractivity contribution in [3.63, 3.8) is 0 Å². The quantitative estimate of drug-likeness (QED) is 0.523. The highest BCUT2D eigenvalue weighted by molar-refractivity contribution is 9.10. The van der Waals surface area contributed by atoms with E-state index in [1.807, 2.05) is 0 Å². The van der Waals surface area contributed by atoms with Crippen LogP contribution in [0.2, 0.25) is 0 Å². The Morgan fingerprint density at radius 2 is 1.43 bits per heavy atom. The largest absolute Gasteiger partial charge is 0.115 e. The van der Waals surface area contributed by atoms with Crippen LogP contribution in [0.1, 0.15) is 25.0 Å². The van der Waals surface area contributed by atoms with Crippen molar-refractivity contribution in [2.24, 2.45) is 0 Å². The Hall–Kier alpha value is -1.54. The van der Waals surface area contributed by atoms with E-state index < -0.39 is 0 Å². The number of halogens is 1. The first kappa shape index (κ1) is 13.2. The fraction of sp³-hybridized carbons (Fsp3) is 0.158. The second kappa shape index (κ2) is 4.24. The zero-order chi connectivity index (χ0) is 14.8. The number of rotatable bonds is 0. The molecule has 1 aliphatic carbocycles. The Bertz CT molecular complexity index is 893. The lowest BCUT2D eigenvalue weighted by Gasteiger charge is -2.22. The van der Waals surface area contributed by atoms with Crippen molar-refractivity contribution >= 4 is 40.0 Å². The molecule has 0 amide bonds. The molecule has 4 rings (SSSR count). The molecule has 0 aromatic heterocycles. The van der Waals surface area contributed by atoms with Crippen LogP contribution in [0.15, 0.2) is 53.0 Å². The lowest BCUT2D eigenvalue weighted by molar-refractivity contribution is 0.661. The van der Waals surface area contributed by atoms with Gasteiger partial charge in [-0.1, -0.05) is 65.6 Å². The Balaban J connectivity index is 2.13. The van der Waals surface area contributed by atoms with Crippen molar-refractivity contribution in [1.82, 2.24) is 0 Å². The predicted molar refractivity (Wildman–Crippen MR) is 94.6 cm³/mol. The molecule has 0 saturated carbocycles. The topological polar surface area (TPSA) is 0 Å². The molecule has 3 aromatic carbocycles. The smallest absolute Gasteiger partial charge is 0.0824 e. The Morgan fingerprint density at radius 1 is 0.857 bits per heavy atom. The minimum Gasteiger partial charge on any atom is -0.0824 e. The third-order valence-electron chi connectivity index (χ3n) is 4.66. The first-order valence-electron chi connectivity index (χ1n) is 7.11. The lowest BCUT2D eigenvalue weighted by atomic mass is 9.80. The molecule has 0 bridgehead atoms. The van der Waals surface area contributed by atoms with E-state index in [1.54, 1.807) is 0 Å². The van der Waals surface area contributed by atoms with E-state index in [1.165, 1.54) is 33.0 Å².